The van der Waals surface area contributed by atoms with Gasteiger partial charge in [-0.15, -0.1) is 11.3 Å². The fourth-order valence-electron chi connectivity index (χ4n) is 2.97. The van der Waals surface area contributed by atoms with Gasteiger partial charge < -0.3 is 10.6 Å². The number of benzene rings is 2. The van der Waals surface area contributed by atoms with E-state index in [2.05, 4.69) is 59.3 Å². The molecule has 0 saturated heterocycles. The molecule has 0 unspecified atom stereocenters. The molecule has 26 heavy (non-hydrogen) atoms. The van der Waals surface area contributed by atoms with Crippen LogP contribution in [-0.2, 0) is 4.79 Å². The van der Waals surface area contributed by atoms with Crippen LogP contribution in [0.5, 0.6) is 0 Å². The molecule has 0 spiro atoms. The highest BCUT2D eigenvalue weighted by atomic mass is 32.1. The Hall–Kier alpha value is -2.43. The van der Waals surface area contributed by atoms with E-state index in [1.165, 1.54) is 16.0 Å². The highest BCUT2D eigenvalue weighted by Gasteiger charge is 2.25. The van der Waals surface area contributed by atoms with Crippen LogP contribution in [-0.4, -0.2) is 11.9 Å². The number of carbonyl (C=O) groups excluding carboxylic acids is 1. The topological polar surface area (TPSA) is 45.7 Å². The van der Waals surface area contributed by atoms with Crippen molar-refractivity contribution in [3.63, 3.8) is 0 Å². The van der Waals surface area contributed by atoms with E-state index >= 15 is 0 Å². The summed E-state index contributed by atoms with van der Waals surface area (Å²) in [5.74, 6) is 0.0178. The van der Waals surface area contributed by atoms with E-state index in [0.29, 0.717) is 0 Å². The second-order valence-corrected chi connectivity index (χ2v) is 7.72. The van der Waals surface area contributed by atoms with Crippen LogP contribution < -0.4 is 10.6 Å². The first kappa shape index (κ1) is 18.4. The van der Waals surface area contributed by atoms with Crippen molar-refractivity contribution in [2.45, 2.75) is 32.9 Å². The monoisotopic (exact) mass is 365 g/mol. The first-order valence-corrected chi connectivity index (χ1v) is 9.73. The molecule has 0 saturated carbocycles. The average molecular weight is 366 g/mol. The van der Waals surface area contributed by atoms with Gasteiger partial charge in [0.2, 0.25) is 0 Å². The van der Waals surface area contributed by atoms with Gasteiger partial charge in [-0.2, -0.15) is 0 Å². The van der Waals surface area contributed by atoms with Gasteiger partial charge >= 0.3 is 0 Å². The van der Waals surface area contributed by atoms with Crippen molar-refractivity contribution >= 4 is 22.9 Å². The summed E-state index contributed by atoms with van der Waals surface area (Å²) < 4.78 is 0. The number of nitrogens with two attached hydrogens (primary N) is 1. The van der Waals surface area contributed by atoms with Gasteiger partial charge in [0.05, 0.1) is 4.88 Å². The molecule has 4 heteroatoms. The van der Waals surface area contributed by atoms with Crippen LogP contribution >= 0.6 is 11.3 Å². The predicted octanol–water partition coefficient (Wildman–Crippen LogP) is 4.04. The number of hydrogen-bond acceptors (Lipinski definition) is 2. The smallest absolute Gasteiger partial charge is 0.282 e. The van der Waals surface area contributed by atoms with Crippen molar-refractivity contribution in [3.8, 4) is 0 Å². The summed E-state index contributed by atoms with van der Waals surface area (Å²) in [5.41, 5.74) is 4.44. The maximum absolute atomic E-state index is 12.7. The minimum atomic E-state index is -0.205. The van der Waals surface area contributed by atoms with Crippen LogP contribution in [0, 0.1) is 13.8 Å². The van der Waals surface area contributed by atoms with Crippen LogP contribution in [0.15, 0.2) is 66.0 Å². The van der Waals surface area contributed by atoms with E-state index in [0.717, 1.165) is 11.3 Å². The zero-order valence-corrected chi connectivity index (χ0v) is 16.2. The fraction of sp³-hybridized carbons (Fsp3) is 0.227. The second-order valence-electron chi connectivity index (χ2n) is 6.74. The Morgan fingerprint density at radius 2 is 1.77 bits per heavy atom. The molecule has 0 radical (unpaired) electrons. The highest BCUT2D eigenvalue weighted by Crippen LogP contribution is 2.23. The number of nitrogens with one attached hydrogen (secondary N) is 1. The van der Waals surface area contributed by atoms with Gasteiger partial charge in [-0.3, -0.25) is 4.79 Å². The van der Waals surface area contributed by atoms with Crippen molar-refractivity contribution < 1.29 is 10.1 Å². The largest absolute Gasteiger partial charge is 0.326 e. The summed E-state index contributed by atoms with van der Waals surface area (Å²) >= 11 is 1.73. The summed E-state index contributed by atoms with van der Waals surface area (Å²) in [6.07, 6.45) is 0. The van der Waals surface area contributed by atoms with Gasteiger partial charge in [-0.05, 0) is 49.9 Å². The Morgan fingerprint density at radius 3 is 2.42 bits per heavy atom. The number of thiophene rings is 1. The molecule has 0 fully saturated rings. The molecule has 2 atom stereocenters. The number of amides is 1. The molecule has 3 aromatic rings. The van der Waals surface area contributed by atoms with E-state index in [-0.39, 0.29) is 18.0 Å². The van der Waals surface area contributed by atoms with E-state index in [1.807, 2.05) is 38.1 Å². The normalized spacial score (nSPS) is 13.2. The van der Waals surface area contributed by atoms with Crippen molar-refractivity contribution in [1.29, 1.82) is 0 Å². The Bertz CT molecular complexity index is 856. The molecule has 0 aliphatic rings. The van der Waals surface area contributed by atoms with Crippen LogP contribution in [0.2, 0.25) is 0 Å². The maximum atomic E-state index is 12.7. The summed E-state index contributed by atoms with van der Waals surface area (Å²) in [4.78, 5) is 13.9. The minimum absolute atomic E-state index is 0.0178. The third-order valence-electron chi connectivity index (χ3n) is 4.47. The standard InChI is InChI=1S/C22H24N2OS/c1-15-9-11-18(12-10-15)21(20-8-5-13-26-20)23-17(3)22(25)24-19-7-4-6-16(2)14-19/h4-14,17,21,23H,1-3H3,(H,24,25)/p+1/t17-,21+/m0/s1. The van der Waals surface area contributed by atoms with Crippen LogP contribution in [0.25, 0.3) is 0 Å². The highest BCUT2D eigenvalue weighted by molar-refractivity contribution is 7.10. The predicted molar refractivity (Wildman–Crippen MR) is 109 cm³/mol. The average Bonchev–Trinajstić information content (AvgIpc) is 3.14. The summed E-state index contributed by atoms with van der Waals surface area (Å²) in [6, 6.07) is 20.6. The van der Waals surface area contributed by atoms with E-state index in [4.69, 9.17) is 0 Å². The summed E-state index contributed by atoms with van der Waals surface area (Å²) in [5, 5.41) is 7.25. The molecule has 0 aliphatic heterocycles. The van der Waals surface area contributed by atoms with Gasteiger partial charge in [0, 0.05) is 11.3 Å². The Morgan fingerprint density at radius 1 is 1.00 bits per heavy atom. The Kier molecular flexibility index (Phi) is 5.86. The maximum Gasteiger partial charge on any atom is 0.282 e. The lowest BCUT2D eigenvalue weighted by Crippen LogP contribution is -2.92. The second kappa shape index (κ2) is 8.30. The summed E-state index contributed by atoms with van der Waals surface area (Å²) in [6.45, 7) is 6.07. The van der Waals surface area contributed by atoms with Crippen molar-refractivity contribution in [2.75, 3.05) is 5.32 Å². The van der Waals surface area contributed by atoms with E-state index in [1.54, 1.807) is 11.3 Å². The fourth-order valence-corrected chi connectivity index (χ4v) is 3.80. The summed E-state index contributed by atoms with van der Waals surface area (Å²) in [7, 11) is 0. The SMILES string of the molecule is Cc1ccc([C@@H]([NH2+][C@@H](C)C(=O)Nc2cccc(C)c2)c2cccs2)cc1. The first-order chi connectivity index (χ1) is 12.5. The molecular formula is C22H25N2OS+. The molecule has 0 bridgehead atoms. The van der Waals surface area contributed by atoms with Crippen molar-refractivity contribution in [3.05, 3.63) is 87.6 Å². The van der Waals surface area contributed by atoms with Crippen molar-refractivity contribution in [2.24, 2.45) is 0 Å². The van der Waals surface area contributed by atoms with Gasteiger partial charge in [0.15, 0.2) is 6.04 Å². The molecule has 1 aromatic heterocycles. The molecule has 3 N–H and O–H groups in total. The third kappa shape index (κ3) is 4.59. The van der Waals surface area contributed by atoms with E-state index in [9.17, 15) is 4.79 Å². The number of carbonyl (C=O) groups is 1. The van der Waals surface area contributed by atoms with E-state index < -0.39 is 0 Å². The van der Waals surface area contributed by atoms with Gasteiger partial charge in [0.25, 0.3) is 5.91 Å². The number of aryl methyl sites for hydroxylation is 2. The first-order valence-electron chi connectivity index (χ1n) is 8.85. The van der Waals surface area contributed by atoms with Crippen LogP contribution in [0.4, 0.5) is 5.69 Å². The Balaban J connectivity index is 1.75. The number of hydrogen-bond donors (Lipinski definition) is 2. The molecule has 1 heterocycles. The van der Waals surface area contributed by atoms with Gasteiger partial charge in [0.1, 0.15) is 6.04 Å². The number of rotatable bonds is 6. The van der Waals surface area contributed by atoms with Crippen molar-refractivity contribution in [1.82, 2.24) is 0 Å². The zero-order chi connectivity index (χ0) is 18.5. The molecule has 0 aliphatic carbocycles. The molecule has 3 nitrogen and oxygen atoms in total. The third-order valence-corrected chi connectivity index (χ3v) is 5.42. The molecule has 2 aromatic carbocycles. The lowest BCUT2D eigenvalue weighted by Gasteiger charge is -2.19. The lowest BCUT2D eigenvalue weighted by molar-refractivity contribution is -0.703. The number of quaternary nitrogens is 1. The molecule has 3 rings (SSSR count). The van der Waals surface area contributed by atoms with Gasteiger partial charge in [-0.1, -0.05) is 48.0 Å². The van der Waals surface area contributed by atoms with Crippen LogP contribution in [0.1, 0.15) is 34.5 Å². The lowest BCUT2D eigenvalue weighted by atomic mass is 10.0. The van der Waals surface area contributed by atoms with Gasteiger partial charge in [-0.25, -0.2) is 0 Å². The zero-order valence-electron chi connectivity index (χ0n) is 15.4. The quantitative estimate of drug-likeness (QED) is 0.680. The molecule has 134 valence electrons. The molecule has 1 amide bonds. The number of anilines is 1. The molecular weight excluding hydrogens is 340 g/mol. The Labute approximate surface area is 159 Å². The van der Waals surface area contributed by atoms with Crippen LogP contribution in [0.3, 0.4) is 0 Å². The minimum Gasteiger partial charge on any atom is -0.326 e.